The van der Waals surface area contributed by atoms with Crippen molar-refractivity contribution in [1.82, 2.24) is 24.9 Å². The summed E-state index contributed by atoms with van der Waals surface area (Å²) < 4.78 is 6.93. The van der Waals surface area contributed by atoms with Gasteiger partial charge in [-0.15, -0.1) is 5.10 Å². The summed E-state index contributed by atoms with van der Waals surface area (Å²) in [5.74, 6) is 0.528. The third kappa shape index (κ3) is 3.29. The van der Waals surface area contributed by atoms with Gasteiger partial charge in [-0.25, -0.2) is 9.78 Å². The standard InChI is InChI=1S/C17H18N6O2/c1-22-11-15(20-21-22)12-2-3-13-10-18-16(9-14(13)8-12)19-17(24)23-4-6-25-7-5-23/h2-3,8-11H,4-7H2,1H3,(H,18,19,24). The molecule has 128 valence electrons. The van der Waals surface area contributed by atoms with Crippen LogP contribution in [0.4, 0.5) is 10.6 Å². The first-order chi connectivity index (χ1) is 12.2. The summed E-state index contributed by atoms with van der Waals surface area (Å²) in [5.41, 5.74) is 1.78. The first kappa shape index (κ1) is 15.5. The fourth-order valence-electron chi connectivity index (χ4n) is 2.80. The van der Waals surface area contributed by atoms with Crippen molar-refractivity contribution in [3.8, 4) is 11.3 Å². The van der Waals surface area contributed by atoms with Crippen molar-refractivity contribution >= 4 is 22.6 Å². The van der Waals surface area contributed by atoms with Crippen LogP contribution < -0.4 is 5.32 Å². The van der Waals surface area contributed by atoms with Crippen LogP contribution in [0.15, 0.2) is 36.7 Å². The molecule has 1 aliphatic rings. The monoisotopic (exact) mass is 338 g/mol. The summed E-state index contributed by atoms with van der Waals surface area (Å²) in [6.07, 6.45) is 3.62. The van der Waals surface area contributed by atoms with E-state index in [1.807, 2.05) is 37.5 Å². The molecule has 1 aromatic carbocycles. The number of ether oxygens (including phenoxy) is 1. The molecule has 2 aromatic heterocycles. The summed E-state index contributed by atoms with van der Waals surface area (Å²) in [5, 5.41) is 12.9. The highest BCUT2D eigenvalue weighted by Crippen LogP contribution is 2.24. The lowest BCUT2D eigenvalue weighted by atomic mass is 10.1. The minimum absolute atomic E-state index is 0.153. The van der Waals surface area contributed by atoms with Crippen molar-refractivity contribution in [2.24, 2.45) is 7.05 Å². The van der Waals surface area contributed by atoms with Gasteiger partial charge in [-0.05, 0) is 17.5 Å². The molecule has 1 saturated heterocycles. The van der Waals surface area contributed by atoms with E-state index in [0.29, 0.717) is 32.1 Å². The minimum atomic E-state index is -0.153. The molecule has 1 N–H and O–H groups in total. The summed E-state index contributed by atoms with van der Waals surface area (Å²) >= 11 is 0. The van der Waals surface area contributed by atoms with Crippen molar-refractivity contribution in [3.63, 3.8) is 0 Å². The van der Waals surface area contributed by atoms with Crippen LogP contribution >= 0.6 is 0 Å². The quantitative estimate of drug-likeness (QED) is 0.771. The van der Waals surface area contributed by atoms with Gasteiger partial charge in [0.1, 0.15) is 11.5 Å². The van der Waals surface area contributed by atoms with Crippen molar-refractivity contribution in [1.29, 1.82) is 0 Å². The highest BCUT2D eigenvalue weighted by molar-refractivity contribution is 5.93. The Kier molecular flexibility index (Phi) is 4.02. The highest BCUT2D eigenvalue weighted by atomic mass is 16.5. The van der Waals surface area contributed by atoms with E-state index in [9.17, 15) is 4.79 Å². The number of nitrogens with one attached hydrogen (secondary N) is 1. The van der Waals surface area contributed by atoms with Crippen molar-refractivity contribution in [3.05, 3.63) is 36.7 Å². The molecule has 25 heavy (non-hydrogen) atoms. The third-order valence-corrected chi connectivity index (χ3v) is 4.15. The van der Waals surface area contributed by atoms with Crippen LogP contribution in [0.3, 0.4) is 0 Å². The van der Waals surface area contributed by atoms with Crippen LogP contribution in [-0.4, -0.2) is 57.2 Å². The Morgan fingerprint density at radius 1 is 1.20 bits per heavy atom. The van der Waals surface area contributed by atoms with Crippen LogP contribution in [-0.2, 0) is 11.8 Å². The average molecular weight is 338 g/mol. The van der Waals surface area contributed by atoms with E-state index in [1.165, 1.54) is 0 Å². The highest BCUT2D eigenvalue weighted by Gasteiger charge is 2.17. The number of hydrogen-bond acceptors (Lipinski definition) is 5. The van der Waals surface area contributed by atoms with E-state index >= 15 is 0 Å². The van der Waals surface area contributed by atoms with Gasteiger partial charge < -0.3 is 9.64 Å². The Bertz CT molecular complexity index is 916. The van der Waals surface area contributed by atoms with Crippen LogP contribution in [0, 0.1) is 0 Å². The Morgan fingerprint density at radius 2 is 2.04 bits per heavy atom. The lowest BCUT2D eigenvalue weighted by Crippen LogP contribution is -2.43. The van der Waals surface area contributed by atoms with E-state index in [1.54, 1.807) is 15.8 Å². The van der Waals surface area contributed by atoms with Gasteiger partial charge in [0.05, 0.1) is 19.4 Å². The normalized spacial score (nSPS) is 14.7. The molecule has 8 heteroatoms. The number of anilines is 1. The number of morpholine rings is 1. The zero-order valence-corrected chi connectivity index (χ0v) is 13.8. The number of pyridine rings is 1. The summed E-state index contributed by atoms with van der Waals surface area (Å²) in [7, 11) is 1.83. The fraction of sp³-hybridized carbons (Fsp3) is 0.294. The lowest BCUT2D eigenvalue weighted by molar-refractivity contribution is 0.0564. The number of urea groups is 1. The molecule has 0 unspecified atom stereocenters. The number of fused-ring (bicyclic) bond motifs is 1. The molecule has 2 amide bonds. The number of carbonyl (C=O) groups excluding carboxylic acids is 1. The molecule has 0 bridgehead atoms. The maximum Gasteiger partial charge on any atom is 0.323 e. The first-order valence-electron chi connectivity index (χ1n) is 8.09. The minimum Gasteiger partial charge on any atom is -0.378 e. The van der Waals surface area contributed by atoms with E-state index in [4.69, 9.17) is 4.74 Å². The topological polar surface area (TPSA) is 85.2 Å². The second-order valence-electron chi connectivity index (χ2n) is 5.94. The molecular formula is C17H18N6O2. The van der Waals surface area contributed by atoms with Gasteiger partial charge in [0.15, 0.2) is 0 Å². The van der Waals surface area contributed by atoms with Crippen molar-refractivity contribution in [2.45, 2.75) is 0 Å². The van der Waals surface area contributed by atoms with E-state index in [2.05, 4.69) is 20.6 Å². The largest absolute Gasteiger partial charge is 0.378 e. The van der Waals surface area contributed by atoms with Crippen LogP contribution in [0.25, 0.3) is 22.0 Å². The summed E-state index contributed by atoms with van der Waals surface area (Å²) in [6.45, 7) is 2.33. The number of rotatable bonds is 2. The Hall–Kier alpha value is -3.00. The molecular weight excluding hydrogens is 320 g/mol. The van der Waals surface area contributed by atoms with Crippen molar-refractivity contribution in [2.75, 3.05) is 31.6 Å². The van der Waals surface area contributed by atoms with Crippen LogP contribution in [0.1, 0.15) is 0 Å². The van der Waals surface area contributed by atoms with Gasteiger partial charge in [0.2, 0.25) is 0 Å². The van der Waals surface area contributed by atoms with Gasteiger partial charge in [0.25, 0.3) is 0 Å². The second-order valence-corrected chi connectivity index (χ2v) is 5.94. The maximum atomic E-state index is 12.3. The van der Waals surface area contributed by atoms with E-state index < -0.39 is 0 Å². The predicted molar refractivity (Wildman–Crippen MR) is 93.2 cm³/mol. The Balaban J connectivity index is 1.59. The van der Waals surface area contributed by atoms with Gasteiger partial charge in [0, 0.05) is 37.3 Å². The smallest absolute Gasteiger partial charge is 0.323 e. The van der Waals surface area contributed by atoms with Crippen LogP contribution in [0.2, 0.25) is 0 Å². The zero-order valence-electron chi connectivity index (χ0n) is 13.8. The number of hydrogen-bond donors (Lipinski definition) is 1. The molecule has 1 aliphatic heterocycles. The average Bonchev–Trinajstić information content (AvgIpc) is 3.08. The van der Waals surface area contributed by atoms with Gasteiger partial charge >= 0.3 is 6.03 Å². The number of nitrogens with zero attached hydrogens (tertiary/aromatic N) is 5. The lowest BCUT2D eigenvalue weighted by Gasteiger charge is -2.26. The summed E-state index contributed by atoms with van der Waals surface area (Å²) in [4.78, 5) is 18.3. The Labute approximate surface area is 144 Å². The molecule has 0 aliphatic carbocycles. The van der Waals surface area contributed by atoms with Gasteiger partial charge in [-0.1, -0.05) is 17.3 Å². The molecule has 3 heterocycles. The fourth-order valence-corrected chi connectivity index (χ4v) is 2.80. The number of aromatic nitrogens is 4. The number of carbonyl (C=O) groups is 1. The summed E-state index contributed by atoms with van der Waals surface area (Å²) in [6, 6.07) is 7.71. The molecule has 8 nitrogen and oxygen atoms in total. The molecule has 3 aromatic rings. The third-order valence-electron chi connectivity index (χ3n) is 4.15. The number of amides is 2. The Morgan fingerprint density at radius 3 is 2.80 bits per heavy atom. The molecule has 0 spiro atoms. The number of aryl methyl sites for hydroxylation is 1. The SMILES string of the molecule is Cn1cc(-c2ccc3cnc(NC(=O)N4CCOCC4)cc3c2)nn1. The number of benzene rings is 1. The predicted octanol–water partition coefficient (Wildman–Crippen LogP) is 1.89. The first-order valence-corrected chi connectivity index (χ1v) is 8.09. The molecule has 0 saturated carbocycles. The zero-order chi connectivity index (χ0) is 17.2. The molecule has 1 fully saturated rings. The molecule has 0 radical (unpaired) electrons. The van der Waals surface area contributed by atoms with E-state index in [0.717, 1.165) is 22.0 Å². The maximum absolute atomic E-state index is 12.3. The van der Waals surface area contributed by atoms with Gasteiger partial charge in [-0.2, -0.15) is 0 Å². The van der Waals surface area contributed by atoms with Crippen molar-refractivity contribution < 1.29 is 9.53 Å². The molecule has 0 atom stereocenters. The van der Waals surface area contributed by atoms with Crippen LogP contribution in [0.5, 0.6) is 0 Å². The van der Waals surface area contributed by atoms with Gasteiger partial charge in [-0.3, -0.25) is 10.00 Å². The molecule has 4 rings (SSSR count). The second kappa shape index (κ2) is 6.48. The van der Waals surface area contributed by atoms with E-state index in [-0.39, 0.29) is 6.03 Å².